The molecule has 0 radical (unpaired) electrons. The molecule has 0 heterocycles. The normalized spacial score (nSPS) is 10.1. The minimum absolute atomic E-state index is 0.388. The van der Waals surface area contributed by atoms with E-state index in [4.69, 9.17) is 5.21 Å². The van der Waals surface area contributed by atoms with Crippen molar-refractivity contribution in [2.75, 3.05) is 7.11 Å². The number of methoxy groups -OCH3 is 1. The van der Waals surface area contributed by atoms with Gasteiger partial charge in [0.25, 0.3) is 0 Å². The third kappa shape index (κ3) is 2.56. The van der Waals surface area contributed by atoms with Crippen molar-refractivity contribution in [3.8, 4) is 0 Å². The SMILES string of the molecule is COC(=O)c1ccc(N=CNO)cc1. The van der Waals surface area contributed by atoms with Gasteiger partial charge in [-0.3, -0.25) is 10.7 Å². The number of hydrogen-bond acceptors (Lipinski definition) is 4. The molecule has 0 aromatic heterocycles. The van der Waals surface area contributed by atoms with Gasteiger partial charge >= 0.3 is 5.97 Å². The number of hydroxylamine groups is 1. The average molecular weight is 194 g/mol. The first-order chi connectivity index (χ1) is 6.77. The van der Waals surface area contributed by atoms with Crippen LogP contribution in [0.3, 0.4) is 0 Å². The summed E-state index contributed by atoms with van der Waals surface area (Å²) in [6.45, 7) is 0. The van der Waals surface area contributed by atoms with E-state index in [1.54, 1.807) is 29.7 Å². The van der Waals surface area contributed by atoms with Gasteiger partial charge in [0.2, 0.25) is 0 Å². The van der Waals surface area contributed by atoms with Crippen molar-refractivity contribution in [3.63, 3.8) is 0 Å². The number of rotatable bonds is 3. The van der Waals surface area contributed by atoms with E-state index in [0.29, 0.717) is 11.3 Å². The third-order valence-electron chi connectivity index (χ3n) is 1.56. The molecule has 2 N–H and O–H groups in total. The fourth-order valence-electron chi connectivity index (χ4n) is 0.905. The molecule has 5 nitrogen and oxygen atoms in total. The van der Waals surface area contributed by atoms with E-state index in [1.807, 2.05) is 0 Å². The number of esters is 1. The molecule has 0 saturated carbocycles. The molecule has 0 atom stereocenters. The number of benzene rings is 1. The monoisotopic (exact) mass is 194 g/mol. The van der Waals surface area contributed by atoms with Gasteiger partial charge in [0.05, 0.1) is 18.4 Å². The fraction of sp³-hybridized carbons (Fsp3) is 0.111. The molecule has 0 aliphatic rings. The molecule has 0 saturated heterocycles. The lowest BCUT2D eigenvalue weighted by atomic mass is 10.2. The zero-order chi connectivity index (χ0) is 10.4. The Hall–Kier alpha value is -1.88. The standard InChI is InChI=1S/C9H10N2O3/c1-14-9(12)7-2-4-8(5-3-7)10-6-11-13/h2-6,13H,1H3,(H,10,11). The highest BCUT2D eigenvalue weighted by Crippen LogP contribution is 2.12. The second-order valence-electron chi connectivity index (χ2n) is 2.43. The zero-order valence-corrected chi connectivity index (χ0v) is 7.60. The number of hydrogen-bond donors (Lipinski definition) is 2. The summed E-state index contributed by atoms with van der Waals surface area (Å²) in [7, 11) is 1.32. The van der Waals surface area contributed by atoms with E-state index < -0.39 is 0 Å². The summed E-state index contributed by atoms with van der Waals surface area (Å²) < 4.78 is 4.53. The highest BCUT2D eigenvalue weighted by Gasteiger charge is 2.02. The maximum absolute atomic E-state index is 11.0. The first-order valence-electron chi connectivity index (χ1n) is 3.88. The molecule has 0 aliphatic heterocycles. The molecule has 5 heteroatoms. The van der Waals surface area contributed by atoms with Gasteiger partial charge in [0, 0.05) is 0 Å². The molecular formula is C9H10N2O3. The Labute approximate surface area is 81.0 Å². The Morgan fingerprint density at radius 2 is 2.14 bits per heavy atom. The van der Waals surface area contributed by atoms with Crippen LogP contribution in [0, 0.1) is 0 Å². The summed E-state index contributed by atoms with van der Waals surface area (Å²) in [6.07, 6.45) is 1.13. The Morgan fingerprint density at radius 3 is 2.64 bits per heavy atom. The number of ether oxygens (including phenoxy) is 1. The molecule has 1 aromatic carbocycles. The van der Waals surface area contributed by atoms with Gasteiger partial charge in [-0.25, -0.2) is 9.79 Å². The van der Waals surface area contributed by atoms with Crippen LogP contribution in [0.25, 0.3) is 0 Å². The maximum atomic E-state index is 11.0. The van der Waals surface area contributed by atoms with Crippen molar-refractivity contribution in [2.45, 2.75) is 0 Å². The van der Waals surface area contributed by atoms with E-state index in [0.717, 1.165) is 6.34 Å². The number of carbonyl (C=O) groups excluding carboxylic acids is 1. The second-order valence-corrected chi connectivity index (χ2v) is 2.43. The van der Waals surface area contributed by atoms with Crippen LogP contribution in [0.4, 0.5) is 5.69 Å². The van der Waals surface area contributed by atoms with Crippen molar-refractivity contribution >= 4 is 18.0 Å². The van der Waals surface area contributed by atoms with Crippen molar-refractivity contribution in [3.05, 3.63) is 29.8 Å². The molecule has 0 fully saturated rings. The minimum Gasteiger partial charge on any atom is -0.465 e. The Bertz CT molecular complexity index is 332. The van der Waals surface area contributed by atoms with Gasteiger partial charge in [0.15, 0.2) is 0 Å². The summed E-state index contributed by atoms with van der Waals surface area (Å²) in [5.41, 5.74) is 2.87. The summed E-state index contributed by atoms with van der Waals surface area (Å²) in [4.78, 5) is 14.8. The van der Waals surface area contributed by atoms with Gasteiger partial charge in [-0.05, 0) is 24.3 Å². The molecule has 0 unspecified atom stereocenters. The summed E-state index contributed by atoms with van der Waals surface area (Å²) in [5.74, 6) is -0.388. The highest BCUT2D eigenvalue weighted by atomic mass is 16.5. The van der Waals surface area contributed by atoms with E-state index in [2.05, 4.69) is 9.73 Å². The minimum atomic E-state index is -0.388. The van der Waals surface area contributed by atoms with Crippen LogP contribution in [0.2, 0.25) is 0 Å². The fourth-order valence-corrected chi connectivity index (χ4v) is 0.905. The van der Waals surface area contributed by atoms with Crippen LogP contribution in [0.15, 0.2) is 29.3 Å². The molecule has 0 spiro atoms. The summed E-state index contributed by atoms with van der Waals surface area (Å²) in [6, 6.07) is 6.46. The molecule has 1 aromatic rings. The Kier molecular flexibility index (Phi) is 3.63. The molecule has 74 valence electrons. The molecule has 1 rings (SSSR count). The van der Waals surface area contributed by atoms with E-state index in [-0.39, 0.29) is 5.97 Å². The zero-order valence-electron chi connectivity index (χ0n) is 7.60. The van der Waals surface area contributed by atoms with Crippen LogP contribution in [0.1, 0.15) is 10.4 Å². The number of nitrogens with one attached hydrogen (secondary N) is 1. The van der Waals surface area contributed by atoms with Gasteiger partial charge in [-0.15, -0.1) is 0 Å². The molecule has 0 aliphatic carbocycles. The second kappa shape index (κ2) is 4.98. The van der Waals surface area contributed by atoms with Crippen molar-refractivity contribution in [2.24, 2.45) is 4.99 Å². The number of carbonyl (C=O) groups is 1. The van der Waals surface area contributed by atoms with Crippen LogP contribution >= 0.6 is 0 Å². The van der Waals surface area contributed by atoms with E-state index >= 15 is 0 Å². The van der Waals surface area contributed by atoms with Crippen molar-refractivity contribution in [1.29, 1.82) is 0 Å². The lowest BCUT2D eigenvalue weighted by Crippen LogP contribution is -2.01. The van der Waals surface area contributed by atoms with E-state index in [9.17, 15) is 4.79 Å². The van der Waals surface area contributed by atoms with Gasteiger partial charge in [-0.2, -0.15) is 0 Å². The first kappa shape index (κ1) is 10.2. The predicted octanol–water partition coefficient (Wildman–Crippen LogP) is 1.11. The van der Waals surface area contributed by atoms with Crippen LogP contribution < -0.4 is 5.48 Å². The first-order valence-corrected chi connectivity index (χ1v) is 3.88. The molecular weight excluding hydrogens is 184 g/mol. The van der Waals surface area contributed by atoms with Gasteiger partial charge in [-0.1, -0.05) is 0 Å². The lowest BCUT2D eigenvalue weighted by molar-refractivity contribution is 0.0601. The van der Waals surface area contributed by atoms with Crippen LogP contribution in [-0.2, 0) is 4.74 Å². The maximum Gasteiger partial charge on any atom is 0.337 e. The average Bonchev–Trinajstić information content (AvgIpc) is 2.26. The third-order valence-corrected chi connectivity index (χ3v) is 1.56. The van der Waals surface area contributed by atoms with Crippen LogP contribution in [0.5, 0.6) is 0 Å². The molecule has 14 heavy (non-hydrogen) atoms. The van der Waals surface area contributed by atoms with Crippen LogP contribution in [-0.4, -0.2) is 24.6 Å². The summed E-state index contributed by atoms with van der Waals surface area (Å²) in [5, 5.41) is 8.24. The Balaban J connectivity index is 2.78. The topological polar surface area (TPSA) is 70.9 Å². The largest absolute Gasteiger partial charge is 0.465 e. The van der Waals surface area contributed by atoms with Gasteiger partial charge < -0.3 is 4.74 Å². The summed E-state index contributed by atoms with van der Waals surface area (Å²) >= 11 is 0. The van der Waals surface area contributed by atoms with Crippen molar-refractivity contribution in [1.82, 2.24) is 5.48 Å². The highest BCUT2D eigenvalue weighted by molar-refractivity contribution is 5.89. The quantitative estimate of drug-likeness (QED) is 0.327. The number of aliphatic imine (C=N–C) groups is 1. The lowest BCUT2D eigenvalue weighted by Gasteiger charge is -1.98. The van der Waals surface area contributed by atoms with Crippen molar-refractivity contribution < 1.29 is 14.7 Å². The molecule has 0 amide bonds. The Morgan fingerprint density at radius 1 is 1.50 bits per heavy atom. The smallest absolute Gasteiger partial charge is 0.337 e. The number of nitrogens with zero attached hydrogens (tertiary/aromatic N) is 1. The predicted molar refractivity (Wildman–Crippen MR) is 50.9 cm³/mol. The van der Waals surface area contributed by atoms with E-state index in [1.165, 1.54) is 7.11 Å². The van der Waals surface area contributed by atoms with Gasteiger partial charge in [0.1, 0.15) is 6.34 Å². The molecule has 0 bridgehead atoms.